The second-order valence-corrected chi connectivity index (χ2v) is 7.68. The molecule has 0 unspecified atom stereocenters. The van der Waals surface area contributed by atoms with Crippen LogP contribution in [0.3, 0.4) is 0 Å². The van der Waals surface area contributed by atoms with E-state index in [0.717, 1.165) is 0 Å². The first-order chi connectivity index (χ1) is 9.65. The number of anilines is 1. The average Bonchev–Trinajstić information content (AvgIpc) is 2.36. The number of nitrogens with one attached hydrogen (secondary N) is 1. The monoisotopic (exact) mass is 333 g/mol. The van der Waals surface area contributed by atoms with Crippen molar-refractivity contribution in [2.24, 2.45) is 0 Å². The normalized spacial score (nSPS) is 12.6. The Morgan fingerprint density at radius 1 is 1.24 bits per heavy atom. The standard InChI is InChI=1S/C14H24ClN3O2S/c1-10(2)18(11(3)4)8-7-17-21(19,20)14-9-12(15)5-6-13(14)16/h5-6,9-11,17H,7-8,16H2,1-4H3. The summed E-state index contributed by atoms with van der Waals surface area (Å²) in [5.74, 6) is 0. The van der Waals surface area contributed by atoms with Gasteiger partial charge in [0.25, 0.3) is 0 Å². The van der Waals surface area contributed by atoms with Gasteiger partial charge in [-0.1, -0.05) is 11.6 Å². The fourth-order valence-corrected chi connectivity index (χ4v) is 3.65. The molecule has 7 heteroatoms. The van der Waals surface area contributed by atoms with Crippen LogP contribution in [0.15, 0.2) is 23.1 Å². The molecule has 1 aromatic rings. The Hall–Kier alpha value is -0.820. The number of halogens is 1. The molecular weight excluding hydrogens is 310 g/mol. The minimum Gasteiger partial charge on any atom is -0.398 e. The maximum Gasteiger partial charge on any atom is 0.242 e. The summed E-state index contributed by atoms with van der Waals surface area (Å²) < 4.78 is 27.1. The van der Waals surface area contributed by atoms with Crippen LogP contribution in [0.2, 0.25) is 5.02 Å². The van der Waals surface area contributed by atoms with Crippen molar-refractivity contribution in [2.45, 2.75) is 44.7 Å². The Balaban J connectivity index is 2.76. The largest absolute Gasteiger partial charge is 0.398 e. The lowest BCUT2D eigenvalue weighted by Crippen LogP contribution is -2.42. The van der Waals surface area contributed by atoms with Crippen LogP contribution in [0.5, 0.6) is 0 Å². The van der Waals surface area contributed by atoms with E-state index in [2.05, 4.69) is 37.3 Å². The summed E-state index contributed by atoms with van der Waals surface area (Å²) in [6.45, 7) is 9.31. The van der Waals surface area contributed by atoms with Gasteiger partial charge in [-0.3, -0.25) is 4.90 Å². The first-order valence-corrected chi connectivity index (χ1v) is 8.81. The Morgan fingerprint density at radius 2 is 1.81 bits per heavy atom. The summed E-state index contributed by atoms with van der Waals surface area (Å²) in [4.78, 5) is 2.24. The average molecular weight is 334 g/mol. The van der Waals surface area contributed by atoms with Crippen LogP contribution in [0.25, 0.3) is 0 Å². The van der Waals surface area contributed by atoms with Crippen LogP contribution in [0.4, 0.5) is 5.69 Å². The van der Waals surface area contributed by atoms with Gasteiger partial charge < -0.3 is 5.73 Å². The van der Waals surface area contributed by atoms with E-state index < -0.39 is 10.0 Å². The lowest BCUT2D eigenvalue weighted by molar-refractivity contribution is 0.179. The van der Waals surface area contributed by atoms with Crippen molar-refractivity contribution in [2.75, 3.05) is 18.8 Å². The molecule has 0 saturated heterocycles. The van der Waals surface area contributed by atoms with Crippen molar-refractivity contribution >= 4 is 27.3 Å². The van der Waals surface area contributed by atoms with Crippen LogP contribution >= 0.6 is 11.6 Å². The van der Waals surface area contributed by atoms with Gasteiger partial charge in [-0.25, -0.2) is 13.1 Å². The predicted octanol–water partition coefficient (Wildman–Crippen LogP) is 2.32. The molecule has 21 heavy (non-hydrogen) atoms. The molecule has 0 bridgehead atoms. The fourth-order valence-electron chi connectivity index (χ4n) is 2.24. The molecule has 1 rings (SSSR count). The molecule has 0 aliphatic heterocycles. The van der Waals surface area contributed by atoms with Crippen LogP contribution in [-0.2, 0) is 10.0 Å². The highest BCUT2D eigenvalue weighted by Gasteiger charge is 2.19. The van der Waals surface area contributed by atoms with Gasteiger partial charge in [0.15, 0.2) is 0 Å². The molecule has 0 heterocycles. The van der Waals surface area contributed by atoms with Gasteiger partial charge >= 0.3 is 0 Å². The molecule has 0 spiro atoms. The summed E-state index contributed by atoms with van der Waals surface area (Å²) in [5, 5.41) is 0.343. The summed E-state index contributed by atoms with van der Waals surface area (Å²) in [7, 11) is -3.65. The molecule has 1 aromatic carbocycles. The van der Waals surface area contributed by atoms with E-state index in [-0.39, 0.29) is 10.6 Å². The van der Waals surface area contributed by atoms with Crippen molar-refractivity contribution < 1.29 is 8.42 Å². The molecule has 0 saturated carbocycles. The van der Waals surface area contributed by atoms with E-state index in [1.807, 2.05) is 0 Å². The third kappa shape index (κ3) is 5.14. The predicted molar refractivity (Wildman–Crippen MR) is 88.0 cm³/mol. The molecule has 120 valence electrons. The quantitative estimate of drug-likeness (QED) is 0.751. The molecule has 0 aromatic heterocycles. The minimum atomic E-state index is -3.65. The maximum atomic E-state index is 12.3. The molecule has 0 atom stereocenters. The second-order valence-electron chi connectivity index (χ2n) is 5.51. The summed E-state index contributed by atoms with van der Waals surface area (Å²) in [5.41, 5.74) is 5.91. The van der Waals surface area contributed by atoms with Gasteiger partial charge in [0.2, 0.25) is 10.0 Å². The fraction of sp³-hybridized carbons (Fsp3) is 0.571. The molecule has 0 fully saturated rings. The van der Waals surface area contributed by atoms with Crippen molar-refractivity contribution in [1.29, 1.82) is 0 Å². The topological polar surface area (TPSA) is 75.4 Å². The van der Waals surface area contributed by atoms with Crippen LogP contribution < -0.4 is 10.5 Å². The molecular formula is C14H24ClN3O2S. The lowest BCUT2D eigenvalue weighted by atomic mass is 10.2. The van der Waals surface area contributed by atoms with Crippen molar-refractivity contribution in [1.82, 2.24) is 9.62 Å². The maximum absolute atomic E-state index is 12.3. The highest BCUT2D eigenvalue weighted by molar-refractivity contribution is 7.89. The first-order valence-electron chi connectivity index (χ1n) is 6.95. The van der Waals surface area contributed by atoms with Crippen molar-refractivity contribution in [3.8, 4) is 0 Å². The van der Waals surface area contributed by atoms with Gasteiger partial charge in [0, 0.05) is 30.2 Å². The molecule has 0 amide bonds. The summed E-state index contributed by atoms with van der Waals surface area (Å²) in [6.07, 6.45) is 0. The lowest BCUT2D eigenvalue weighted by Gasteiger charge is -2.30. The molecule has 0 aliphatic carbocycles. The van der Waals surface area contributed by atoms with E-state index in [9.17, 15) is 8.42 Å². The molecule has 0 aliphatic rings. The number of hydrogen-bond acceptors (Lipinski definition) is 4. The molecule has 3 N–H and O–H groups in total. The Kier molecular flexibility index (Phi) is 6.46. The number of nitrogen functional groups attached to an aromatic ring is 1. The molecule has 5 nitrogen and oxygen atoms in total. The van der Waals surface area contributed by atoms with Crippen LogP contribution in [0, 0.1) is 0 Å². The summed E-state index contributed by atoms with van der Waals surface area (Å²) in [6, 6.07) is 5.12. The SMILES string of the molecule is CC(C)N(CCNS(=O)(=O)c1cc(Cl)ccc1N)C(C)C. The van der Waals surface area contributed by atoms with Gasteiger partial charge in [-0.2, -0.15) is 0 Å². The second kappa shape index (κ2) is 7.45. The number of hydrogen-bond donors (Lipinski definition) is 2. The highest BCUT2D eigenvalue weighted by Crippen LogP contribution is 2.22. The van der Waals surface area contributed by atoms with Crippen LogP contribution in [-0.4, -0.2) is 38.5 Å². The number of benzene rings is 1. The Labute approximate surface area is 132 Å². The number of nitrogens with zero attached hydrogens (tertiary/aromatic N) is 1. The van der Waals surface area contributed by atoms with E-state index in [1.54, 1.807) is 6.07 Å². The van der Waals surface area contributed by atoms with Crippen molar-refractivity contribution in [3.05, 3.63) is 23.2 Å². The smallest absolute Gasteiger partial charge is 0.242 e. The number of nitrogens with two attached hydrogens (primary N) is 1. The van der Waals surface area contributed by atoms with Gasteiger partial charge in [-0.05, 0) is 45.9 Å². The zero-order valence-corrected chi connectivity index (χ0v) is 14.5. The highest BCUT2D eigenvalue weighted by atomic mass is 35.5. The molecule has 0 radical (unpaired) electrons. The van der Waals surface area contributed by atoms with Gasteiger partial charge in [-0.15, -0.1) is 0 Å². The zero-order chi connectivity index (χ0) is 16.2. The minimum absolute atomic E-state index is 0.0237. The third-order valence-electron chi connectivity index (χ3n) is 3.25. The van der Waals surface area contributed by atoms with E-state index in [4.69, 9.17) is 17.3 Å². The van der Waals surface area contributed by atoms with E-state index in [1.165, 1.54) is 12.1 Å². The Morgan fingerprint density at radius 3 is 2.33 bits per heavy atom. The number of sulfonamides is 1. The Bertz CT molecular complexity index is 566. The van der Waals surface area contributed by atoms with E-state index in [0.29, 0.717) is 30.2 Å². The number of rotatable bonds is 7. The van der Waals surface area contributed by atoms with Gasteiger partial charge in [0.05, 0.1) is 5.69 Å². The van der Waals surface area contributed by atoms with Crippen LogP contribution in [0.1, 0.15) is 27.7 Å². The summed E-state index contributed by atoms with van der Waals surface area (Å²) >= 11 is 5.83. The first kappa shape index (κ1) is 18.2. The zero-order valence-electron chi connectivity index (χ0n) is 12.9. The van der Waals surface area contributed by atoms with Crippen molar-refractivity contribution in [3.63, 3.8) is 0 Å². The van der Waals surface area contributed by atoms with Gasteiger partial charge in [0.1, 0.15) is 4.90 Å². The third-order valence-corrected chi connectivity index (χ3v) is 5.01. The van der Waals surface area contributed by atoms with E-state index >= 15 is 0 Å².